The molecule has 0 saturated heterocycles. The number of nitrogens with zero attached hydrogens (tertiary/aromatic N) is 1. The maximum Gasteiger partial charge on any atom is 0.433 e. The van der Waals surface area contributed by atoms with E-state index >= 15 is 0 Å². The molecule has 1 aromatic rings. The summed E-state index contributed by atoms with van der Waals surface area (Å²) in [4.78, 5) is 20.0. The van der Waals surface area contributed by atoms with Gasteiger partial charge in [-0.05, 0) is 6.07 Å². The van der Waals surface area contributed by atoms with Gasteiger partial charge >= 0.3 is 5.88 Å². The molecule has 0 aromatic carbocycles. The van der Waals surface area contributed by atoms with Gasteiger partial charge in [0.05, 0.1) is 6.07 Å². The van der Waals surface area contributed by atoms with Gasteiger partial charge in [-0.2, -0.15) is 0 Å². The highest BCUT2D eigenvalue weighted by molar-refractivity contribution is 5.94. The lowest BCUT2D eigenvalue weighted by molar-refractivity contribution is -0.402. The highest BCUT2D eigenvalue weighted by Gasteiger charge is 2.15. The van der Waals surface area contributed by atoms with E-state index < -0.39 is 23.2 Å². The average Bonchev–Trinajstić information content (AvgIpc) is 2.51. The van der Waals surface area contributed by atoms with Gasteiger partial charge in [-0.15, -0.1) is 0 Å². The molecule has 1 rings (SSSR count). The molecule has 0 radical (unpaired) electrons. The molecule has 6 heteroatoms. The molecule has 0 bridgehead atoms. The number of carbonyl (C=O) groups is 1. The quantitative estimate of drug-likeness (QED) is 0.402. The number of carbonyl (C=O) groups excluding carboxylic acids is 1. The monoisotopic (exact) mass is 171 g/mol. The molecule has 0 aliphatic rings. The summed E-state index contributed by atoms with van der Waals surface area (Å²) in [6, 6.07) is 2.21. The zero-order chi connectivity index (χ0) is 9.14. The molecular weight excluding hydrogens is 166 g/mol. The highest BCUT2D eigenvalue weighted by atomic mass is 16.6. The minimum Gasteiger partial charge on any atom is -0.397 e. The summed E-state index contributed by atoms with van der Waals surface area (Å²) < 4.78 is 4.49. The Balaban J connectivity index is 2.91. The topological polar surface area (TPSA) is 93.6 Å². The van der Waals surface area contributed by atoms with E-state index in [4.69, 9.17) is 5.11 Å². The third kappa shape index (κ3) is 1.48. The zero-order valence-electron chi connectivity index (χ0n) is 5.89. The van der Waals surface area contributed by atoms with Gasteiger partial charge in [0.25, 0.3) is 0 Å². The first-order valence-electron chi connectivity index (χ1n) is 3.03. The Bertz CT molecular complexity index is 315. The van der Waals surface area contributed by atoms with Gasteiger partial charge in [0, 0.05) is 0 Å². The molecule has 6 nitrogen and oxygen atoms in total. The van der Waals surface area contributed by atoms with Gasteiger partial charge in [0.1, 0.15) is 11.5 Å². The number of ketones is 1. The van der Waals surface area contributed by atoms with Crippen molar-refractivity contribution in [3.05, 3.63) is 28.0 Å². The van der Waals surface area contributed by atoms with Crippen molar-refractivity contribution in [2.45, 2.75) is 0 Å². The number of aliphatic hydroxyl groups excluding tert-OH is 1. The normalized spacial score (nSPS) is 9.75. The summed E-state index contributed by atoms with van der Waals surface area (Å²) in [6.07, 6.45) is 0. The lowest BCUT2D eigenvalue weighted by Crippen LogP contribution is -2.01. The number of hydrogen-bond acceptors (Lipinski definition) is 5. The number of furan rings is 1. The van der Waals surface area contributed by atoms with Crippen molar-refractivity contribution in [3.63, 3.8) is 0 Å². The van der Waals surface area contributed by atoms with E-state index in [1.807, 2.05) is 0 Å². The molecule has 64 valence electrons. The van der Waals surface area contributed by atoms with Gasteiger partial charge in [0.2, 0.25) is 5.78 Å². The van der Waals surface area contributed by atoms with E-state index in [-0.39, 0.29) is 5.76 Å². The Morgan fingerprint density at radius 3 is 2.75 bits per heavy atom. The first-order valence-corrected chi connectivity index (χ1v) is 3.03. The molecule has 0 saturated carbocycles. The lowest BCUT2D eigenvalue weighted by Gasteiger charge is -1.87. The van der Waals surface area contributed by atoms with Crippen LogP contribution >= 0.6 is 0 Å². The number of aliphatic hydroxyl groups is 1. The predicted octanol–water partition coefficient (Wildman–Crippen LogP) is 0.363. The molecule has 0 atom stereocenters. The summed E-state index contributed by atoms with van der Waals surface area (Å²) in [5.74, 6) is -1.39. The third-order valence-corrected chi connectivity index (χ3v) is 1.19. The van der Waals surface area contributed by atoms with Crippen molar-refractivity contribution in [1.82, 2.24) is 0 Å². The molecule has 1 N–H and O–H groups in total. The fourth-order valence-electron chi connectivity index (χ4n) is 0.654. The fraction of sp³-hybridized carbons (Fsp3) is 0.167. The SMILES string of the molecule is O=C(CO)c1ccc([N+](=O)[O-])o1. The average molecular weight is 171 g/mol. The van der Waals surface area contributed by atoms with Gasteiger partial charge in [-0.25, -0.2) is 0 Å². The van der Waals surface area contributed by atoms with Gasteiger partial charge in [-0.3, -0.25) is 14.9 Å². The van der Waals surface area contributed by atoms with Crippen molar-refractivity contribution in [1.29, 1.82) is 0 Å². The molecule has 0 aliphatic carbocycles. The van der Waals surface area contributed by atoms with E-state index in [0.717, 1.165) is 12.1 Å². The van der Waals surface area contributed by atoms with Crippen molar-refractivity contribution >= 4 is 11.7 Å². The summed E-state index contributed by atoms with van der Waals surface area (Å²) >= 11 is 0. The van der Waals surface area contributed by atoms with E-state index in [0.29, 0.717) is 0 Å². The molecular formula is C6H5NO5. The van der Waals surface area contributed by atoms with E-state index in [1.54, 1.807) is 0 Å². The smallest absolute Gasteiger partial charge is 0.397 e. The summed E-state index contributed by atoms with van der Waals surface area (Å²) in [5.41, 5.74) is 0. The van der Waals surface area contributed by atoms with Crippen LogP contribution in [-0.4, -0.2) is 22.4 Å². The second kappa shape index (κ2) is 3.14. The van der Waals surface area contributed by atoms with Crippen LogP contribution in [0.4, 0.5) is 5.88 Å². The Hall–Kier alpha value is -1.69. The van der Waals surface area contributed by atoms with Crippen LogP contribution in [0.15, 0.2) is 16.5 Å². The molecule has 1 aromatic heterocycles. The molecule has 0 spiro atoms. The second-order valence-electron chi connectivity index (χ2n) is 1.98. The van der Waals surface area contributed by atoms with Crippen LogP contribution in [0.1, 0.15) is 10.6 Å². The van der Waals surface area contributed by atoms with Gasteiger partial charge in [0.15, 0.2) is 5.76 Å². The Labute approximate surface area is 66.6 Å². The molecule has 0 unspecified atom stereocenters. The molecule has 0 aliphatic heterocycles. The van der Waals surface area contributed by atoms with Crippen LogP contribution in [0, 0.1) is 10.1 Å². The van der Waals surface area contributed by atoms with Crippen molar-refractivity contribution in [2.24, 2.45) is 0 Å². The van der Waals surface area contributed by atoms with E-state index in [2.05, 4.69) is 4.42 Å². The van der Waals surface area contributed by atoms with Crippen LogP contribution < -0.4 is 0 Å². The summed E-state index contributed by atoms with van der Waals surface area (Å²) in [6.45, 7) is -0.718. The minimum absolute atomic E-state index is 0.204. The van der Waals surface area contributed by atoms with Gasteiger partial charge in [-0.1, -0.05) is 0 Å². The molecule has 0 fully saturated rings. The Kier molecular flexibility index (Phi) is 2.20. The number of nitro groups is 1. The molecule has 1 heterocycles. The van der Waals surface area contributed by atoms with Crippen molar-refractivity contribution in [3.8, 4) is 0 Å². The zero-order valence-corrected chi connectivity index (χ0v) is 5.89. The number of Topliss-reactive ketones (excluding diaryl/α,β-unsaturated/α-hetero) is 1. The van der Waals surface area contributed by atoms with Crippen LogP contribution in [0.25, 0.3) is 0 Å². The second-order valence-corrected chi connectivity index (χ2v) is 1.98. The van der Waals surface area contributed by atoms with Crippen LogP contribution in [-0.2, 0) is 0 Å². The first kappa shape index (κ1) is 8.41. The Morgan fingerprint density at radius 1 is 1.67 bits per heavy atom. The number of rotatable bonds is 3. The maximum absolute atomic E-state index is 10.7. The van der Waals surface area contributed by atoms with Crippen molar-refractivity contribution in [2.75, 3.05) is 6.61 Å². The van der Waals surface area contributed by atoms with Gasteiger partial charge < -0.3 is 9.52 Å². The third-order valence-electron chi connectivity index (χ3n) is 1.19. The van der Waals surface area contributed by atoms with Crippen molar-refractivity contribution < 1.29 is 19.2 Å². The van der Waals surface area contributed by atoms with Crippen LogP contribution in [0.3, 0.4) is 0 Å². The standard InChI is InChI=1S/C6H5NO5/c8-3-4(9)5-1-2-6(12-5)7(10)11/h1-2,8H,3H2. The first-order chi connectivity index (χ1) is 5.65. The highest BCUT2D eigenvalue weighted by Crippen LogP contribution is 2.15. The molecule has 0 amide bonds. The molecule has 12 heavy (non-hydrogen) atoms. The summed E-state index contributed by atoms with van der Waals surface area (Å²) in [7, 11) is 0. The van der Waals surface area contributed by atoms with E-state index in [1.165, 1.54) is 0 Å². The summed E-state index contributed by atoms with van der Waals surface area (Å²) in [5, 5.41) is 18.4. The van der Waals surface area contributed by atoms with Crippen LogP contribution in [0.2, 0.25) is 0 Å². The number of hydrogen-bond donors (Lipinski definition) is 1. The minimum atomic E-state index is -0.756. The Morgan fingerprint density at radius 2 is 2.33 bits per heavy atom. The lowest BCUT2D eigenvalue weighted by atomic mass is 10.3. The largest absolute Gasteiger partial charge is 0.433 e. The van der Waals surface area contributed by atoms with Crippen LogP contribution in [0.5, 0.6) is 0 Å². The maximum atomic E-state index is 10.7. The van der Waals surface area contributed by atoms with E-state index in [9.17, 15) is 14.9 Å². The predicted molar refractivity (Wildman–Crippen MR) is 36.8 cm³/mol. The fourth-order valence-corrected chi connectivity index (χ4v) is 0.654.